The van der Waals surface area contributed by atoms with Crippen molar-refractivity contribution in [1.82, 2.24) is 9.55 Å². The van der Waals surface area contributed by atoms with Crippen LogP contribution >= 0.6 is 11.6 Å². The topological polar surface area (TPSA) is 71.9 Å². The van der Waals surface area contributed by atoms with Gasteiger partial charge in [-0.3, -0.25) is 14.3 Å². The van der Waals surface area contributed by atoms with Crippen LogP contribution in [0.25, 0.3) is 0 Å². The first-order valence-electron chi connectivity index (χ1n) is 3.58. The summed E-state index contributed by atoms with van der Waals surface area (Å²) < 4.78 is 1.18. The van der Waals surface area contributed by atoms with Crippen molar-refractivity contribution in [3.63, 3.8) is 0 Å². The van der Waals surface area contributed by atoms with Gasteiger partial charge in [-0.1, -0.05) is 11.6 Å². The van der Waals surface area contributed by atoms with E-state index in [-0.39, 0.29) is 18.0 Å². The fourth-order valence-electron chi connectivity index (χ4n) is 0.841. The number of hydrogen-bond acceptors (Lipinski definition) is 3. The van der Waals surface area contributed by atoms with E-state index in [9.17, 15) is 14.4 Å². The fourth-order valence-corrected chi connectivity index (χ4v) is 1.01. The predicted molar refractivity (Wildman–Crippen MR) is 47.0 cm³/mol. The second-order valence-electron chi connectivity index (χ2n) is 2.39. The molecule has 0 aliphatic carbocycles. The average molecular weight is 203 g/mol. The molecular weight excluding hydrogens is 196 g/mol. The Morgan fingerprint density at radius 1 is 1.54 bits per heavy atom. The summed E-state index contributed by atoms with van der Waals surface area (Å²) in [5, 5.41) is -0.0644. The molecular formula is C7H7ClN2O3. The molecule has 0 atom stereocenters. The van der Waals surface area contributed by atoms with Crippen LogP contribution in [0.1, 0.15) is 6.42 Å². The van der Waals surface area contributed by atoms with E-state index in [0.717, 1.165) is 0 Å². The molecule has 0 aliphatic rings. The van der Waals surface area contributed by atoms with Crippen LogP contribution in [0.2, 0.25) is 5.02 Å². The molecule has 1 N–H and O–H groups in total. The van der Waals surface area contributed by atoms with E-state index < -0.39 is 11.2 Å². The fraction of sp³-hybridized carbons (Fsp3) is 0.286. The summed E-state index contributed by atoms with van der Waals surface area (Å²) in [6, 6.07) is 0. The number of nitrogens with zero attached hydrogens (tertiary/aromatic N) is 1. The molecule has 0 bridgehead atoms. The minimum Gasteiger partial charge on any atom is -0.303 e. The average Bonchev–Trinajstić information content (AvgIpc) is 2.09. The van der Waals surface area contributed by atoms with Crippen molar-refractivity contribution in [2.75, 3.05) is 0 Å². The van der Waals surface area contributed by atoms with Crippen molar-refractivity contribution in [3.05, 3.63) is 32.1 Å². The lowest BCUT2D eigenvalue weighted by atomic mass is 10.4. The van der Waals surface area contributed by atoms with Gasteiger partial charge in [0.1, 0.15) is 11.3 Å². The molecule has 0 aliphatic heterocycles. The van der Waals surface area contributed by atoms with Crippen molar-refractivity contribution < 1.29 is 4.79 Å². The summed E-state index contributed by atoms with van der Waals surface area (Å²) in [5.74, 6) is 0. The Kier molecular flexibility index (Phi) is 3.02. The number of aromatic nitrogens is 2. The quantitative estimate of drug-likeness (QED) is 0.689. The van der Waals surface area contributed by atoms with E-state index in [2.05, 4.69) is 0 Å². The monoisotopic (exact) mass is 202 g/mol. The number of aromatic amines is 1. The van der Waals surface area contributed by atoms with E-state index in [1.165, 1.54) is 10.8 Å². The Hall–Kier alpha value is -1.36. The predicted octanol–water partition coefficient (Wildman–Crippen LogP) is -0.221. The second-order valence-corrected chi connectivity index (χ2v) is 2.79. The lowest BCUT2D eigenvalue weighted by Gasteiger charge is -2.00. The normalized spacial score (nSPS) is 9.92. The molecule has 0 fully saturated rings. The summed E-state index contributed by atoms with van der Waals surface area (Å²) >= 11 is 5.47. The summed E-state index contributed by atoms with van der Waals surface area (Å²) in [5.41, 5.74) is -1.18. The van der Waals surface area contributed by atoms with E-state index in [1.54, 1.807) is 0 Å². The largest absolute Gasteiger partial charge is 0.328 e. The zero-order chi connectivity index (χ0) is 9.84. The number of H-pyrrole nitrogens is 1. The Morgan fingerprint density at radius 2 is 2.23 bits per heavy atom. The highest BCUT2D eigenvalue weighted by atomic mass is 35.5. The summed E-state index contributed by atoms with van der Waals surface area (Å²) in [4.78, 5) is 33.9. The molecule has 5 nitrogen and oxygen atoms in total. The molecule has 1 heterocycles. The lowest BCUT2D eigenvalue weighted by molar-refractivity contribution is -0.108. The maximum absolute atomic E-state index is 11.0. The van der Waals surface area contributed by atoms with Crippen molar-refractivity contribution >= 4 is 17.9 Å². The van der Waals surface area contributed by atoms with Crippen LogP contribution in [0.3, 0.4) is 0 Å². The Labute approximate surface area is 78.0 Å². The maximum Gasteiger partial charge on any atom is 0.328 e. The molecule has 1 rings (SSSR count). The molecule has 0 saturated carbocycles. The Morgan fingerprint density at radius 3 is 2.85 bits per heavy atom. The number of hydrogen-bond donors (Lipinski definition) is 1. The van der Waals surface area contributed by atoms with Crippen LogP contribution in [0.4, 0.5) is 0 Å². The molecule has 0 radical (unpaired) electrons. The second kappa shape index (κ2) is 4.04. The van der Waals surface area contributed by atoms with Crippen LogP contribution in [-0.2, 0) is 11.3 Å². The van der Waals surface area contributed by atoms with E-state index in [4.69, 9.17) is 11.6 Å². The van der Waals surface area contributed by atoms with Crippen molar-refractivity contribution in [1.29, 1.82) is 0 Å². The van der Waals surface area contributed by atoms with Crippen molar-refractivity contribution in [2.24, 2.45) is 0 Å². The van der Waals surface area contributed by atoms with Gasteiger partial charge in [0, 0.05) is 19.2 Å². The molecule has 0 spiro atoms. The van der Waals surface area contributed by atoms with Gasteiger partial charge in [-0.05, 0) is 0 Å². The van der Waals surface area contributed by atoms with Crippen LogP contribution in [-0.4, -0.2) is 15.8 Å². The molecule has 13 heavy (non-hydrogen) atoms. The summed E-state index contributed by atoms with van der Waals surface area (Å²) in [6.07, 6.45) is 2.11. The van der Waals surface area contributed by atoms with Crippen LogP contribution < -0.4 is 11.2 Å². The zero-order valence-electron chi connectivity index (χ0n) is 6.62. The third-order valence-corrected chi connectivity index (χ3v) is 1.72. The molecule has 0 unspecified atom stereocenters. The minimum absolute atomic E-state index is 0.0644. The molecule has 0 aromatic carbocycles. The van der Waals surface area contributed by atoms with E-state index in [0.29, 0.717) is 6.29 Å². The smallest absolute Gasteiger partial charge is 0.303 e. The Balaban J connectivity index is 3.08. The first-order chi connectivity index (χ1) is 6.15. The van der Waals surface area contributed by atoms with Gasteiger partial charge in [0.15, 0.2) is 0 Å². The SMILES string of the molecule is O=CCCn1cc(Cl)c(=O)[nH]c1=O. The third-order valence-electron chi connectivity index (χ3n) is 1.46. The van der Waals surface area contributed by atoms with Gasteiger partial charge >= 0.3 is 5.69 Å². The number of aldehydes is 1. The van der Waals surface area contributed by atoms with Gasteiger partial charge in [-0.25, -0.2) is 4.79 Å². The number of rotatable bonds is 3. The van der Waals surface area contributed by atoms with Gasteiger partial charge in [0.2, 0.25) is 0 Å². The third kappa shape index (κ3) is 2.29. The number of halogens is 1. The van der Waals surface area contributed by atoms with Crippen LogP contribution in [0.15, 0.2) is 15.8 Å². The number of nitrogens with one attached hydrogen (secondary N) is 1. The zero-order valence-corrected chi connectivity index (χ0v) is 7.37. The minimum atomic E-state index is -0.617. The molecule has 70 valence electrons. The number of carbonyl (C=O) groups excluding carboxylic acids is 1. The highest BCUT2D eigenvalue weighted by Crippen LogP contribution is 1.95. The maximum atomic E-state index is 11.0. The van der Waals surface area contributed by atoms with Crippen molar-refractivity contribution in [3.8, 4) is 0 Å². The van der Waals surface area contributed by atoms with Gasteiger partial charge < -0.3 is 4.79 Å². The Bertz CT molecular complexity index is 420. The molecule has 1 aromatic heterocycles. The van der Waals surface area contributed by atoms with Gasteiger partial charge in [-0.15, -0.1) is 0 Å². The number of aryl methyl sites for hydroxylation is 1. The standard InChI is InChI=1S/C7H7ClN2O3/c8-5-4-10(2-1-3-11)7(13)9-6(5)12/h3-4H,1-2H2,(H,9,12,13). The van der Waals surface area contributed by atoms with Crippen LogP contribution in [0, 0.1) is 0 Å². The van der Waals surface area contributed by atoms with Crippen molar-refractivity contribution in [2.45, 2.75) is 13.0 Å². The van der Waals surface area contributed by atoms with E-state index >= 15 is 0 Å². The number of carbonyl (C=O) groups is 1. The van der Waals surface area contributed by atoms with E-state index in [1.807, 2.05) is 4.98 Å². The van der Waals surface area contributed by atoms with Gasteiger partial charge in [-0.2, -0.15) is 0 Å². The highest BCUT2D eigenvalue weighted by molar-refractivity contribution is 6.30. The van der Waals surface area contributed by atoms with Crippen LogP contribution in [0.5, 0.6) is 0 Å². The molecule has 0 saturated heterocycles. The first kappa shape index (κ1) is 9.73. The summed E-state index contributed by atoms with van der Waals surface area (Å²) in [6.45, 7) is 0.221. The molecule has 1 aromatic rings. The van der Waals surface area contributed by atoms with Gasteiger partial charge in [0.25, 0.3) is 5.56 Å². The lowest BCUT2D eigenvalue weighted by Crippen LogP contribution is -2.29. The first-order valence-corrected chi connectivity index (χ1v) is 3.96. The molecule has 0 amide bonds. The van der Waals surface area contributed by atoms with Gasteiger partial charge in [0.05, 0.1) is 0 Å². The highest BCUT2D eigenvalue weighted by Gasteiger charge is 2.00. The summed E-state index contributed by atoms with van der Waals surface area (Å²) in [7, 11) is 0. The molecule has 6 heteroatoms.